The molecule has 2 aromatic rings. The van der Waals surface area contributed by atoms with Crippen LogP contribution < -0.4 is 10.1 Å². The molecule has 24 heavy (non-hydrogen) atoms. The largest absolute Gasteiger partial charge is 0.480 e. The Morgan fingerprint density at radius 3 is 2.75 bits per heavy atom. The van der Waals surface area contributed by atoms with Gasteiger partial charge in [-0.15, -0.1) is 0 Å². The molecular formula is C17H13Cl2NO4. The lowest BCUT2D eigenvalue weighted by Gasteiger charge is -2.13. The first-order chi connectivity index (χ1) is 11.5. The van der Waals surface area contributed by atoms with Crippen LogP contribution in [0.15, 0.2) is 36.4 Å². The second kappa shape index (κ2) is 6.71. The van der Waals surface area contributed by atoms with Crippen molar-refractivity contribution in [3.8, 4) is 5.75 Å². The molecule has 0 unspecified atom stereocenters. The van der Waals surface area contributed by atoms with E-state index in [-0.39, 0.29) is 5.91 Å². The zero-order chi connectivity index (χ0) is 17.3. The molecule has 1 heterocycles. The maximum atomic E-state index is 12.4. The molecule has 0 aliphatic carbocycles. The molecule has 0 radical (unpaired) electrons. The summed E-state index contributed by atoms with van der Waals surface area (Å²) in [5, 5.41) is 3.59. The molecule has 0 aromatic heterocycles. The Bertz CT molecular complexity index is 822. The highest BCUT2D eigenvalue weighted by molar-refractivity contribution is 6.34. The Morgan fingerprint density at radius 1 is 1.21 bits per heavy atom. The zero-order valence-corrected chi connectivity index (χ0v) is 14.1. The molecule has 0 bridgehead atoms. The van der Waals surface area contributed by atoms with E-state index in [0.29, 0.717) is 33.5 Å². The summed E-state index contributed by atoms with van der Waals surface area (Å²) in [5.41, 5.74) is 1.49. The smallest absolute Gasteiger partial charge is 0.337 e. The van der Waals surface area contributed by atoms with Gasteiger partial charge >= 0.3 is 5.97 Å². The van der Waals surface area contributed by atoms with Gasteiger partial charge in [0.05, 0.1) is 23.4 Å². The molecule has 124 valence electrons. The van der Waals surface area contributed by atoms with E-state index in [9.17, 15) is 9.59 Å². The quantitative estimate of drug-likeness (QED) is 0.841. The lowest BCUT2D eigenvalue weighted by Crippen LogP contribution is -2.31. The lowest BCUT2D eigenvalue weighted by atomic mass is 10.1. The maximum absolute atomic E-state index is 12.4. The second-order valence-corrected chi connectivity index (χ2v) is 6.08. The second-order valence-electron chi connectivity index (χ2n) is 5.24. The van der Waals surface area contributed by atoms with Crippen LogP contribution in [0.2, 0.25) is 10.0 Å². The summed E-state index contributed by atoms with van der Waals surface area (Å²) in [7, 11) is 1.28. The predicted octanol–water partition coefficient (Wildman–Crippen LogP) is 3.72. The van der Waals surface area contributed by atoms with Crippen molar-refractivity contribution in [2.24, 2.45) is 0 Å². The van der Waals surface area contributed by atoms with E-state index in [4.69, 9.17) is 27.9 Å². The molecule has 1 amide bonds. The monoisotopic (exact) mass is 365 g/mol. The van der Waals surface area contributed by atoms with Gasteiger partial charge in [-0.3, -0.25) is 4.79 Å². The Morgan fingerprint density at radius 2 is 2.00 bits per heavy atom. The molecule has 0 fully saturated rings. The Kier molecular flexibility index (Phi) is 4.64. The van der Waals surface area contributed by atoms with Gasteiger partial charge in [-0.25, -0.2) is 4.79 Å². The van der Waals surface area contributed by atoms with Gasteiger partial charge in [0.25, 0.3) is 5.91 Å². The van der Waals surface area contributed by atoms with E-state index < -0.39 is 12.1 Å². The van der Waals surface area contributed by atoms with Crippen molar-refractivity contribution in [2.75, 3.05) is 12.4 Å². The number of carbonyl (C=O) groups excluding carboxylic acids is 2. The first-order valence-electron chi connectivity index (χ1n) is 7.11. The third kappa shape index (κ3) is 3.32. The van der Waals surface area contributed by atoms with Crippen LogP contribution in [-0.4, -0.2) is 25.1 Å². The van der Waals surface area contributed by atoms with Crippen molar-refractivity contribution < 1.29 is 19.1 Å². The fourth-order valence-corrected chi connectivity index (χ4v) is 2.80. The fraction of sp³-hybridized carbons (Fsp3) is 0.176. The number of hydrogen-bond donors (Lipinski definition) is 1. The summed E-state index contributed by atoms with van der Waals surface area (Å²) < 4.78 is 10.3. The highest BCUT2D eigenvalue weighted by Crippen LogP contribution is 2.32. The average molecular weight is 366 g/mol. The molecular weight excluding hydrogens is 353 g/mol. The van der Waals surface area contributed by atoms with E-state index in [1.165, 1.54) is 25.3 Å². The van der Waals surface area contributed by atoms with E-state index in [1.54, 1.807) is 18.2 Å². The van der Waals surface area contributed by atoms with E-state index in [0.717, 1.165) is 5.56 Å². The van der Waals surface area contributed by atoms with Gasteiger partial charge in [0.15, 0.2) is 6.10 Å². The van der Waals surface area contributed by atoms with Gasteiger partial charge in [-0.2, -0.15) is 0 Å². The van der Waals surface area contributed by atoms with Gasteiger partial charge in [-0.1, -0.05) is 23.2 Å². The number of esters is 1. The number of fused-ring (bicyclic) bond motifs is 1. The molecule has 1 N–H and O–H groups in total. The normalized spacial score (nSPS) is 15.4. The summed E-state index contributed by atoms with van der Waals surface area (Å²) in [6.07, 6.45) is -0.271. The van der Waals surface area contributed by atoms with Crippen LogP contribution in [0.3, 0.4) is 0 Å². The minimum atomic E-state index is -0.684. The van der Waals surface area contributed by atoms with E-state index >= 15 is 0 Å². The van der Waals surface area contributed by atoms with Crippen LogP contribution in [-0.2, 0) is 16.0 Å². The number of anilines is 1. The predicted molar refractivity (Wildman–Crippen MR) is 91.0 cm³/mol. The molecule has 7 heteroatoms. The van der Waals surface area contributed by atoms with Crippen molar-refractivity contribution >= 4 is 40.8 Å². The standard InChI is InChI=1S/C17H13Cl2NO4/c1-23-17(22)9-2-4-12(19)13(7-9)20-16(21)15-8-10-6-11(18)3-5-14(10)24-15/h2-7,15H,8H2,1H3,(H,20,21)/t15-/m0/s1. The number of halogens is 2. The fourth-order valence-electron chi connectivity index (χ4n) is 2.44. The van der Waals surface area contributed by atoms with Crippen molar-refractivity contribution in [1.29, 1.82) is 0 Å². The van der Waals surface area contributed by atoms with Crippen molar-refractivity contribution in [2.45, 2.75) is 12.5 Å². The lowest BCUT2D eigenvalue weighted by molar-refractivity contribution is -0.122. The number of amides is 1. The van der Waals surface area contributed by atoms with Gasteiger partial charge in [0, 0.05) is 11.4 Å². The molecule has 1 aliphatic rings. The minimum absolute atomic E-state index is 0.291. The van der Waals surface area contributed by atoms with Crippen molar-refractivity contribution in [3.63, 3.8) is 0 Å². The SMILES string of the molecule is COC(=O)c1ccc(Cl)c(NC(=O)[C@@H]2Cc3cc(Cl)ccc3O2)c1. The molecule has 3 rings (SSSR count). The number of hydrogen-bond acceptors (Lipinski definition) is 4. The van der Waals surface area contributed by atoms with Crippen LogP contribution in [0.25, 0.3) is 0 Å². The zero-order valence-electron chi connectivity index (χ0n) is 12.6. The van der Waals surface area contributed by atoms with Gasteiger partial charge in [0.1, 0.15) is 5.75 Å². The van der Waals surface area contributed by atoms with Crippen LogP contribution in [0.4, 0.5) is 5.69 Å². The van der Waals surface area contributed by atoms with Crippen molar-refractivity contribution in [3.05, 3.63) is 57.6 Å². The first kappa shape index (κ1) is 16.6. The highest BCUT2D eigenvalue weighted by atomic mass is 35.5. The molecule has 1 atom stereocenters. The third-order valence-corrected chi connectivity index (χ3v) is 4.20. The number of nitrogens with one attached hydrogen (secondary N) is 1. The van der Waals surface area contributed by atoms with Crippen LogP contribution in [0.5, 0.6) is 5.75 Å². The first-order valence-corrected chi connectivity index (χ1v) is 7.87. The summed E-state index contributed by atoms with van der Waals surface area (Å²) >= 11 is 12.0. The topological polar surface area (TPSA) is 64.6 Å². The average Bonchev–Trinajstić information content (AvgIpc) is 2.99. The third-order valence-electron chi connectivity index (χ3n) is 3.63. The van der Waals surface area contributed by atoms with Crippen LogP contribution >= 0.6 is 23.2 Å². The molecule has 2 aromatic carbocycles. The van der Waals surface area contributed by atoms with Crippen LogP contribution in [0, 0.1) is 0 Å². The maximum Gasteiger partial charge on any atom is 0.337 e. The van der Waals surface area contributed by atoms with Gasteiger partial charge in [0.2, 0.25) is 0 Å². The van der Waals surface area contributed by atoms with Crippen LogP contribution in [0.1, 0.15) is 15.9 Å². The summed E-state index contributed by atoms with van der Waals surface area (Å²) in [4.78, 5) is 24.0. The minimum Gasteiger partial charge on any atom is -0.480 e. The number of methoxy groups -OCH3 is 1. The molecule has 0 saturated heterocycles. The Hall–Kier alpha value is -2.24. The Balaban J connectivity index is 1.75. The van der Waals surface area contributed by atoms with E-state index in [2.05, 4.69) is 10.1 Å². The highest BCUT2D eigenvalue weighted by Gasteiger charge is 2.29. The number of rotatable bonds is 3. The molecule has 0 saturated carbocycles. The molecule has 0 spiro atoms. The van der Waals surface area contributed by atoms with E-state index in [1.807, 2.05) is 0 Å². The Labute approximate surface area is 148 Å². The number of carbonyl (C=O) groups is 2. The van der Waals surface area contributed by atoms with Gasteiger partial charge < -0.3 is 14.8 Å². The van der Waals surface area contributed by atoms with Crippen molar-refractivity contribution in [1.82, 2.24) is 0 Å². The van der Waals surface area contributed by atoms with Gasteiger partial charge in [-0.05, 0) is 42.0 Å². The summed E-state index contributed by atoms with van der Waals surface area (Å²) in [6, 6.07) is 9.72. The molecule has 1 aliphatic heterocycles. The molecule has 5 nitrogen and oxygen atoms in total. The number of ether oxygens (including phenoxy) is 2. The summed E-state index contributed by atoms with van der Waals surface area (Å²) in [6.45, 7) is 0. The summed E-state index contributed by atoms with van der Waals surface area (Å²) in [5.74, 6) is -0.235. The number of benzene rings is 2.